The van der Waals surface area contributed by atoms with Crippen molar-refractivity contribution in [1.82, 2.24) is 4.72 Å². The Bertz CT molecular complexity index is 863. The zero-order valence-electron chi connectivity index (χ0n) is 13.5. The molecule has 2 aromatic carbocycles. The maximum absolute atomic E-state index is 12.1. The van der Waals surface area contributed by atoms with Crippen LogP contribution in [0.1, 0.15) is 23.7 Å². The second kappa shape index (κ2) is 8.24. The van der Waals surface area contributed by atoms with Crippen molar-refractivity contribution in [2.24, 2.45) is 0 Å². The molecule has 0 bridgehead atoms. The van der Waals surface area contributed by atoms with E-state index in [9.17, 15) is 18.0 Å². The van der Waals surface area contributed by atoms with Gasteiger partial charge in [-0.2, -0.15) is 0 Å². The number of nitrogens with one attached hydrogen (secondary N) is 2. The van der Waals surface area contributed by atoms with Gasteiger partial charge in [0, 0.05) is 29.2 Å². The van der Waals surface area contributed by atoms with Gasteiger partial charge >= 0.3 is 0 Å². The van der Waals surface area contributed by atoms with Crippen molar-refractivity contribution in [1.29, 1.82) is 0 Å². The molecule has 2 rings (SSSR count). The molecular weight excluding hydrogens is 364 g/mol. The van der Waals surface area contributed by atoms with Crippen LogP contribution in [0.15, 0.2) is 53.4 Å². The van der Waals surface area contributed by atoms with Crippen LogP contribution in [0.3, 0.4) is 0 Å². The third kappa shape index (κ3) is 5.67. The molecule has 0 radical (unpaired) electrons. The Labute approximate surface area is 151 Å². The van der Waals surface area contributed by atoms with Gasteiger partial charge in [0.05, 0.1) is 4.90 Å². The Morgan fingerprint density at radius 1 is 1.00 bits per heavy atom. The van der Waals surface area contributed by atoms with Gasteiger partial charge < -0.3 is 5.32 Å². The number of hydrogen-bond donors (Lipinski definition) is 2. The lowest BCUT2D eigenvalue weighted by molar-refractivity contribution is -0.116. The molecule has 0 spiro atoms. The molecule has 2 N–H and O–H groups in total. The monoisotopic (exact) mass is 380 g/mol. The summed E-state index contributed by atoms with van der Waals surface area (Å²) in [5, 5.41) is 3.20. The van der Waals surface area contributed by atoms with E-state index in [2.05, 4.69) is 10.0 Å². The fourth-order valence-corrected chi connectivity index (χ4v) is 3.17. The lowest BCUT2D eigenvalue weighted by Crippen LogP contribution is -2.27. The molecule has 0 atom stereocenters. The summed E-state index contributed by atoms with van der Waals surface area (Å²) < 4.78 is 26.7. The Hall–Kier alpha value is -2.22. The first kappa shape index (κ1) is 19.1. The highest BCUT2D eigenvalue weighted by molar-refractivity contribution is 7.89. The molecule has 0 fully saturated rings. The Balaban J connectivity index is 1.88. The molecule has 0 aliphatic heterocycles. The summed E-state index contributed by atoms with van der Waals surface area (Å²) in [4.78, 5) is 23.1. The van der Waals surface area contributed by atoms with Crippen LogP contribution in [-0.2, 0) is 14.8 Å². The van der Waals surface area contributed by atoms with E-state index in [4.69, 9.17) is 11.6 Å². The first-order valence-corrected chi connectivity index (χ1v) is 9.30. The number of sulfonamides is 1. The highest BCUT2D eigenvalue weighted by atomic mass is 35.5. The minimum absolute atomic E-state index is 0.0205. The summed E-state index contributed by atoms with van der Waals surface area (Å²) in [6, 6.07) is 12.2. The van der Waals surface area contributed by atoms with Crippen LogP contribution in [0.25, 0.3) is 0 Å². The van der Waals surface area contributed by atoms with Crippen molar-refractivity contribution in [3.05, 3.63) is 59.1 Å². The van der Waals surface area contributed by atoms with E-state index in [1.165, 1.54) is 31.2 Å². The van der Waals surface area contributed by atoms with Gasteiger partial charge in [-0.25, -0.2) is 13.1 Å². The molecule has 0 saturated carbocycles. The summed E-state index contributed by atoms with van der Waals surface area (Å²) in [6.45, 7) is 1.36. The van der Waals surface area contributed by atoms with Crippen LogP contribution in [0.2, 0.25) is 5.02 Å². The number of halogens is 1. The summed E-state index contributed by atoms with van der Waals surface area (Å²) in [5.41, 5.74) is 1.01. The maximum atomic E-state index is 12.1. The van der Waals surface area contributed by atoms with E-state index >= 15 is 0 Å². The summed E-state index contributed by atoms with van der Waals surface area (Å²) in [5.74, 6) is -0.465. The van der Waals surface area contributed by atoms with E-state index < -0.39 is 10.0 Å². The first-order valence-electron chi connectivity index (χ1n) is 7.44. The number of carbonyl (C=O) groups is 2. The predicted octanol–water partition coefficient (Wildman–Crippen LogP) is 2.85. The molecule has 8 heteroatoms. The van der Waals surface area contributed by atoms with Gasteiger partial charge in [0.2, 0.25) is 15.9 Å². The molecule has 0 heterocycles. The van der Waals surface area contributed by atoms with Gasteiger partial charge in [0.15, 0.2) is 5.78 Å². The average molecular weight is 381 g/mol. The molecule has 2 aromatic rings. The van der Waals surface area contributed by atoms with Crippen LogP contribution in [-0.4, -0.2) is 26.7 Å². The molecule has 0 aromatic heterocycles. The number of Topliss-reactive ketones (excluding diaryl/α,β-unsaturated/α-hetero) is 1. The Morgan fingerprint density at radius 2 is 1.60 bits per heavy atom. The average Bonchev–Trinajstić information content (AvgIpc) is 2.57. The van der Waals surface area contributed by atoms with Crippen molar-refractivity contribution >= 4 is 39.0 Å². The summed E-state index contributed by atoms with van der Waals surface area (Å²) in [7, 11) is -3.74. The fraction of sp³-hybridized carbons (Fsp3) is 0.176. The number of hydrogen-bond acceptors (Lipinski definition) is 4. The van der Waals surface area contributed by atoms with Crippen molar-refractivity contribution in [3.63, 3.8) is 0 Å². The number of ketones is 1. The third-order valence-corrected chi connectivity index (χ3v) is 5.07. The highest BCUT2D eigenvalue weighted by Crippen LogP contribution is 2.14. The third-order valence-electron chi connectivity index (χ3n) is 3.34. The molecule has 132 valence electrons. The number of anilines is 1. The van der Waals surface area contributed by atoms with Gasteiger partial charge in [-0.05, 0) is 43.3 Å². The SMILES string of the molecule is CC(=O)c1ccc(S(=O)(=O)NCCC(=O)Nc2ccc(Cl)cc2)cc1. The number of amides is 1. The minimum atomic E-state index is -3.74. The summed E-state index contributed by atoms with van der Waals surface area (Å²) in [6.07, 6.45) is -0.0205. The lowest BCUT2D eigenvalue weighted by atomic mass is 10.2. The van der Waals surface area contributed by atoms with E-state index in [1.807, 2.05) is 0 Å². The minimum Gasteiger partial charge on any atom is -0.326 e. The molecule has 0 aliphatic rings. The zero-order chi connectivity index (χ0) is 18.4. The molecule has 0 saturated heterocycles. The first-order chi connectivity index (χ1) is 11.8. The largest absolute Gasteiger partial charge is 0.326 e. The van der Waals surface area contributed by atoms with Crippen LogP contribution >= 0.6 is 11.6 Å². The van der Waals surface area contributed by atoms with Gasteiger partial charge in [-0.3, -0.25) is 9.59 Å². The Kier molecular flexibility index (Phi) is 6.30. The van der Waals surface area contributed by atoms with Gasteiger partial charge in [-0.15, -0.1) is 0 Å². The molecule has 6 nitrogen and oxygen atoms in total. The molecule has 0 unspecified atom stereocenters. The van der Waals surface area contributed by atoms with Crippen LogP contribution in [0.5, 0.6) is 0 Å². The van der Waals surface area contributed by atoms with E-state index in [-0.39, 0.29) is 29.6 Å². The zero-order valence-corrected chi connectivity index (χ0v) is 15.0. The van der Waals surface area contributed by atoms with Crippen molar-refractivity contribution in [2.45, 2.75) is 18.2 Å². The predicted molar refractivity (Wildman–Crippen MR) is 96.3 cm³/mol. The van der Waals surface area contributed by atoms with Gasteiger partial charge in [-0.1, -0.05) is 23.7 Å². The second-order valence-corrected chi connectivity index (χ2v) is 7.49. The van der Waals surface area contributed by atoms with Gasteiger partial charge in [0.25, 0.3) is 0 Å². The highest BCUT2D eigenvalue weighted by Gasteiger charge is 2.14. The topological polar surface area (TPSA) is 92.3 Å². The Morgan fingerprint density at radius 3 is 2.16 bits per heavy atom. The molecule has 1 amide bonds. The maximum Gasteiger partial charge on any atom is 0.240 e. The smallest absolute Gasteiger partial charge is 0.240 e. The normalized spacial score (nSPS) is 11.1. The van der Waals surface area contributed by atoms with E-state index in [0.29, 0.717) is 16.3 Å². The quantitative estimate of drug-likeness (QED) is 0.722. The second-order valence-electron chi connectivity index (χ2n) is 5.28. The van der Waals surface area contributed by atoms with Crippen LogP contribution < -0.4 is 10.0 Å². The number of rotatable bonds is 7. The number of benzene rings is 2. The van der Waals surface area contributed by atoms with E-state index in [0.717, 1.165) is 0 Å². The van der Waals surface area contributed by atoms with Crippen molar-refractivity contribution in [3.8, 4) is 0 Å². The molecular formula is C17H17ClN2O4S. The standard InChI is InChI=1S/C17H17ClN2O4S/c1-12(21)13-2-8-16(9-3-13)25(23,24)19-11-10-17(22)20-15-6-4-14(18)5-7-15/h2-9,19H,10-11H2,1H3,(H,20,22). The van der Waals surface area contributed by atoms with Crippen LogP contribution in [0.4, 0.5) is 5.69 Å². The lowest BCUT2D eigenvalue weighted by Gasteiger charge is -2.08. The fourth-order valence-electron chi connectivity index (χ4n) is 2.01. The molecule has 25 heavy (non-hydrogen) atoms. The van der Waals surface area contributed by atoms with Crippen molar-refractivity contribution in [2.75, 3.05) is 11.9 Å². The van der Waals surface area contributed by atoms with Gasteiger partial charge in [0.1, 0.15) is 0 Å². The van der Waals surface area contributed by atoms with E-state index in [1.54, 1.807) is 24.3 Å². The summed E-state index contributed by atoms with van der Waals surface area (Å²) >= 11 is 5.76. The van der Waals surface area contributed by atoms with Crippen molar-refractivity contribution < 1.29 is 18.0 Å². The van der Waals surface area contributed by atoms with Crippen LogP contribution in [0, 0.1) is 0 Å². The number of carbonyl (C=O) groups excluding carboxylic acids is 2. The molecule has 0 aliphatic carbocycles.